The van der Waals surface area contributed by atoms with E-state index in [2.05, 4.69) is 29.6 Å². The van der Waals surface area contributed by atoms with Gasteiger partial charge in [-0.05, 0) is 86.2 Å². The smallest absolute Gasteiger partial charge is 0.0325 e. The third-order valence-corrected chi connectivity index (χ3v) is 6.99. The number of hydrogen-bond donors (Lipinski definition) is 1. The van der Waals surface area contributed by atoms with E-state index in [4.69, 9.17) is 0 Å². The second kappa shape index (κ2) is 4.84. The van der Waals surface area contributed by atoms with E-state index in [1.54, 1.807) is 17.5 Å². The molecule has 4 bridgehead atoms. The summed E-state index contributed by atoms with van der Waals surface area (Å²) in [6.45, 7) is 0. The van der Waals surface area contributed by atoms with E-state index >= 15 is 0 Å². The van der Waals surface area contributed by atoms with Crippen LogP contribution in [0.25, 0.3) is 0 Å². The highest BCUT2D eigenvalue weighted by Gasteiger charge is 2.48. The Morgan fingerprint density at radius 3 is 2.33 bits per heavy atom. The SMILES string of the molecule is c1ccc2c(c1)CCCC2NC1C2CC3CC(C2)CC1C3. The van der Waals surface area contributed by atoms with Crippen molar-refractivity contribution >= 4 is 0 Å². The zero-order valence-electron chi connectivity index (χ0n) is 12.9. The van der Waals surface area contributed by atoms with Crippen LogP contribution in [0, 0.1) is 23.7 Å². The fraction of sp³-hybridized carbons (Fsp3) is 0.700. The number of benzene rings is 1. The highest BCUT2D eigenvalue weighted by molar-refractivity contribution is 5.32. The van der Waals surface area contributed by atoms with Gasteiger partial charge >= 0.3 is 0 Å². The minimum atomic E-state index is 0.637. The molecule has 1 aromatic carbocycles. The molecule has 1 unspecified atom stereocenters. The maximum absolute atomic E-state index is 4.16. The molecule has 0 spiro atoms. The van der Waals surface area contributed by atoms with Gasteiger partial charge in [0.25, 0.3) is 0 Å². The van der Waals surface area contributed by atoms with E-state index in [0.29, 0.717) is 6.04 Å². The Hall–Kier alpha value is -0.820. The quantitative estimate of drug-likeness (QED) is 0.843. The number of fused-ring (bicyclic) bond motifs is 1. The molecule has 1 nitrogen and oxygen atoms in total. The molecule has 1 atom stereocenters. The fourth-order valence-electron chi connectivity index (χ4n) is 6.36. The number of nitrogens with one attached hydrogen (secondary N) is 1. The van der Waals surface area contributed by atoms with Gasteiger partial charge < -0.3 is 5.32 Å². The van der Waals surface area contributed by atoms with E-state index in [0.717, 1.165) is 29.7 Å². The Kier molecular flexibility index (Phi) is 2.93. The predicted octanol–water partition coefficient (Wildman–Crippen LogP) is 4.48. The third kappa shape index (κ3) is 2.08. The molecule has 4 fully saturated rings. The maximum Gasteiger partial charge on any atom is 0.0325 e. The monoisotopic (exact) mass is 281 g/mol. The summed E-state index contributed by atoms with van der Waals surface area (Å²) < 4.78 is 0. The largest absolute Gasteiger partial charge is 0.307 e. The van der Waals surface area contributed by atoms with Crippen molar-refractivity contribution in [3.63, 3.8) is 0 Å². The number of rotatable bonds is 2. The average molecular weight is 281 g/mol. The van der Waals surface area contributed by atoms with Crippen LogP contribution in [0.5, 0.6) is 0 Å². The van der Waals surface area contributed by atoms with Crippen molar-refractivity contribution in [2.45, 2.75) is 63.5 Å². The van der Waals surface area contributed by atoms with E-state index in [1.165, 1.54) is 44.9 Å². The zero-order valence-corrected chi connectivity index (χ0v) is 12.9. The zero-order chi connectivity index (χ0) is 13.8. The summed E-state index contributed by atoms with van der Waals surface area (Å²) in [5, 5.41) is 4.16. The summed E-state index contributed by atoms with van der Waals surface area (Å²) in [4.78, 5) is 0. The Morgan fingerprint density at radius 2 is 1.57 bits per heavy atom. The van der Waals surface area contributed by atoms with Crippen LogP contribution >= 0.6 is 0 Å². The second-order valence-electron chi connectivity index (χ2n) is 8.27. The fourth-order valence-corrected chi connectivity index (χ4v) is 6.36. The van der Waals surface area contributed by atoms with Crippen molar-refractivity contribution < 1.29 is 0 Å². The molecule has 0 radical (unpaired) electrons. The van der Waals surface area contributed by atoms with Gasteiger partial charge in [-0.15, -0.1) is 0 Å². The number of hydrogen-bond acceptors (Lipinski definition) is 1. The lowest BCUT2D eigenvalue weighted by molar-refractivity contribution is -0.0185. The Balaban J connectivity index is 1.39. The molecular weight excluding hydrogens is 254 g/mol. The topological polar surface area (TPSA) is 12.0 Å². The molecule has 1 N–H and O–H groups in total. The highest BCUT2D eigenvalue weighted by atomic mass is 15.0. The molecule has 21 heavy (non-hydrogen) atoms. The van der Waals surface area contributed by atoms with Gasteiger partial charge in [-0.2, -0.15) is 0 Å². The van der Waals surface area contributed by atoms with Crippen molar-refractivity contribution in [3.05, 3.63) is 35.4 Å². The molecule has 0 heterocycles. The minimum absolute atomic E-state index is 0.637. The van der Waals surface area contributed by atoms with Crippen molar-refractivity contribution in [1.82, 2.24) is 5.32 Å². The second-order valence-corrected chi connectivity index (χ2v) is 8.27. The standard InChI is InChI=1S/C20H27N/c1-2-6-18-15(4-1)5-3-7-19(18)21-20-16-9-13-8-14(11-16)12-17(20)10-13/h1-2,4,6,13-14,16-17,19-21H,3,5,7-12H2. The number of aryl methyl sites for hydroxylation is 1. The van der Waals surface area contributed by atoms with Crippen LogP contribution in [0.15, 0.2) is 24.3 Å². The van der Waals surface area contributed by atoms with Crippen LogP contribution in [0.1, 0.15) is 62.1 Å². The van der Waals surface area contributed by atoms with Gasteiger partial charge in [0.2, 0.25) is 0 Å². The van der Waals surface area contributed by atoms with Crippen LogP contribution in [-0.4, -0.2) is 6.04 Å². The Labute approximate surface area is 128 Å². The van der Waals surface area contributed by atoms with Gasteiger partial charge in [-0.1, -0.05) is 24.3 Å². The van der Waals surface area contributed by atoms with Gasteiger partial charge in [0.05, 0.1) is 0 Å². The third-order valence-electron chi connectivity index (χ3n) is 6.99. The molecule has 0 amide bonds. The molecule has 1 heteroatoms. The van der Waals surface area contributed by atoms with Crippen molar-refractivity contribution in [2.75, 3.05) is 0 Å². The highest BCUT2D eigenvalue weighted by Crippen LogP contribution is 2.54. The molecule has 1 aromatic rings. The van der Waals surface area contributed by atoms with Gasteiger partial charge in [0, 0.05) is 12.1 Å². The summed E-state index contributed by atoms with van der Waals surface area (Å²) >= 11 is 0. The maximum atomic E-state index is 4.16. The summed E-state index contributed by atoms with van der Waals surface area (Å²) in [6.07, 6.45) is 11.7. The van der Waals surface area contributed by atoms with Crippen LogP contribution in [0.2, 0.25) is 0 Å². The van der Waals surface area contributed by atoms with E-state index in [-0.39, 0.29) is 0 Å². The first kappa shape index (κ1) is 12.7. The molecule has 6 rings (SSSR count). The van der Waals surface area contributed by atoms with Crippen LogP contribution in [0.3, 0.4) is 0 Å². The predicted molar refractivity (Wildman–Crippen MR) is 86.1 cm³/mol. The molecule has 112 valence electrons. The van der Waals surface area contributed by atoms with Crippen molar-refractivity contribution in [3.8, 4) is 0 Å². The average Bonchev–Trinajstić information content (AvgIpc) is 2.50. The van der Waals surface area contributed by atoms with E-state index in [9.17, 15) is 0 Å². The lowest BCUT2D eigenvalue weighted by Crippen LogP contribution is -2.55. The van der Waals surface area contributed by atoms with Crippen molar-refractivity contribution in [1.29, 1.82) is 0 Å². The normalized spacial score (nSPS) is 43.8. The van der Waals surface area contributed by atoms with E-state index in [1.807, 2.05) is 0 Å². The minimum Gasteiger partial charge on any atom is -0.307 e. The molecular formula is C20H27N. The molecule has 0 aliphatic heterocycles. The summed E-state index contributed by atoms with van der Waals surface area (Å²) in [5.41, 5.74) is 3.21. The van der Waals surface area contributed by atoms with Gasteiger partial charge in [0.15, 0.2) is 0 Å². The first-order chi connectivity index (χ1) is 10.4. The van der Waals surface area contributed by atoms with Crippen LogP contribution in [-0.2, 0) is 6.42 Å². The summed E-state index contributed by atoms with van der Waals surface area (Å²) in [7, 11) is 0. The van der Waals surface area contributed by atoms with Crippen LogP contribution in [0.4, 0.5) is 0 Å². The Morgan fingerprint density at radius 1 is 0.857 bits per heavy atom. The van der Waals surface area contributed by atoms with Gasteiger partial charge in [-0.3, -0.25) is 0 Å². The molecule has 0 aromatic heterocycles. The molecule has 5 aliphatic carbocycles. The lowest BCUT2D eigenvalue weighted by atomic mass is 9.54. The molecule has 4 saturated carbocycles. The lowest BCUT2D eigenvalue weighted by Gasteiger charge is -2.55. The summed E-state index contributed by atoms with van der Waals surface area (Å²) in [6, 6.07) is 10.6. The summed E-state index contributed by atoms with van der Waals surface area (Å²) in [5.74, 6) is 4.17. The van der Waals surface area contributed by atoms with Gasteiger partial charge in [0.1, 0.15) is 0 Å². The van der Waals surface area contributed by atoms with Crippen molar-refractivity contribution in [2.24, 2.45) is 23.7 Å². The van der Waals surface area contributed by atoms with Crippen LogP contribution < -0.4 is 5.32 Å². The first-order valence-electron chi connectivity index (χ1n) is 9.20. The van der Waals surface area contributed by atoms with Gasteiger partial charge in [-0.25, -0.2) is 0 Å². The Bertz CT molecular complexity index is 506. The molecule has 0 saturated heterocycles. The molecule has 5 aliphatic rings. The first-order valence-corrected chi connectivity index (χ1v) is 9.20. The van der Waals surface area contributed by atoms with E-state index < -0.39 is 0 Å².